The van der Waals surface area contributed by atoms with Crippen LogP contribution in [0.25, 0.3) is 16.7 Å². The van der Waals surface area contributed by atoms with Gasteiger partial charge in [0.15, 0.2) is 0 Å². The first-order valence-electron chi connectivity index (χ1n) is 15.0. The summed E-state index contributed by atoms with van der Waals surface area (Å²) in [7, 11) is 1.64. The second-order valence-corrected chi connectivity index (χ2v) is 13.1. The van der Waals surface area contributed by atoms with Crippen LogP contribution in [-0.4, -0.2) is 69.9 Å². The van der Waals surface area contributed by atoms with Gasteiger partial charge in [-0.2, -0.15) is 0 Å². The number of pyridine rings is 1. The third kappa shape index (κ3) is 5.38. The van der Waals surface area contributed by atoms with Crippen LogP contribution in [0.2, 0.25) is 5.02 Å². The summed E-state index contributed by atoms with van der Waals surface area (Å²) in [6, 6.07) is 17.5. The summed E-state index contributed by atoms with van der Waals surface area (Å²) >= 11 is 6.86. The van der Waals surface area contributed by atoms with E-state index in [4.69, 9.17) is 31.1 Å². The first-order chi connectivity index (χ1) is 22.4. The molecule has 2 aliphatic rings. The monoisotopic (exact) mass is 655 g/mol. The molecular weight excluding hydrogens is 622 g/mol. The molecule has 1 saturated heterocycles. The number of ether oxygens (including phenoxy) is 2. The van der Waals surface area contributed by atoms with Crippen LogP contribution in [-0.2, 0) is 16.6 Å². The Balaban J connectivity index is 1.44. The van der Waals surface area contributed by atoms with Crippen molar-refractivity contribution < 1.29 is 13.7 Å². The average Bonchev–Trinajstić information content (AvgIpc) is 3.36. The molecule has 2 N–H and O–H groups in total. The van der Waals surface area contributed by atoms with Gasteiger partial charge in [-0.15, -0.1) is 0 Å². The lowest BCUT2D eigenvalue weighted by atomic mass is 10.1. The molecule has 12 heteroatoms. The van der Waals surface area contributed by atoms with E-state index in [0.29, 0.717) is 38.5 Å². The van der Waals surface area contributed by atoms with E-state index in [9.17, 15) is 4.21 Å². The molecule has 7 rings (SSSR count). The van der Waals surface area contributed by atoms with E-state index < -0.39 is 10.8 Å². The average molecular weight is 656 g/mol. The molecule has 0 aliphatic carbocycles. The Labute approximate surface area is 274 Å². The Bertz CT molecular complexity index is 2040. The largest absolute Gasteiger partial charge is 0.497 e. The maximum absolute atomic E-state index is 14.4. The molecule has 0 bridgehead atoms. The number of benzene rings is 3. The van der Waals surface area contributed by atoms with Gasteiger partial charge in [-0.25, -0.2) is 9.98 Å². The molecular formula is C34H34ClN7O3S. The van der Waals surface area contributed by atoms with Crippen LogP contribution in [0.4, 0.5) is 17.1 Å². The summed E-state index contributed by atoms with van der Waals surface area (Å²) in [5.74, 6) is 2.42. The van der Waals surface area contributed by atoms with Gasteiger partial charge in [-0.3, -0.25) is 13.8 Å². The third-order valence-electron chi connectivity index (χ3n) is 8.43. The summed E-state index contributed by atoms with van der Waals surface area (Å²) in [5, 5.41) is 7.95. The predicted molar refractivity (Wildman–Crippen MR) is 183 cm³/mol. The molecule has 4 heterocycles. The van der Waals surface area contributed by atoms with Crippen molar-refractivity contribution in [3.8, 4) is 17.2 Å². The summed E-state index contributed by atoms with van der Waals surface area (Å²) in [5.41, 5.74) is 7.84. The minimum Gasteiger partial charge on any atom is -0.497 e. The van der Waals surface area contributed by atoms with Crippen LogP contribution in [0.5, 0.6) is 11.5 Å². The Morgan fingerprint density at radius 1 is 1.02 bits per heavy atom. The molecule has 3 aromatic carbocycles. The number of para-hydroxylation sites is 1. The van der Waals surface area contributed by atoms with Gasteiger partial charge in [0.1, 0.15) is 17.3 Å². The number of nitrogens with zero attached hydrogens (tertiary/aromatic N) is 5. The van der Waals surface area contributed by atoms with Crippen molar-refractivity contribution in [3.63, 3.8) is 0 Å². The van der Waals surface area contributed by atoms with Crippen molar-refractivity contribution in [1.82, 2.24) is 24.8 Å². The summed E-state index contributed by atoms with van der Waals surface area (Å²) < 4.78 is 27.5. The number of imidazole rings is 1. The first-order valence-corrected chi connectivity index (χ1v) is 16.7. The summed E-state index contributed by atoms with van der Waals surface area (Å²) in [6.45, 7) is 7.30. The van der Waals surface area contributed by atoms with E-state index in [2.05, 4.69) is 26.6 Å². The number of amidine groups is 1. The molecule has 1 fully saturated rings. The van der Waals surface area contributed by atoms with Crippen molar-refractivity contribution in [1.29, 1.82) is 0 Å². The molecule has 0 spiro atoms. The van der Waals surface area contributed by atoms with Gasteiger partial charge >= 0.3 is 0 Å². The highest BCUT2D eigenvalue weighted by molar-refractivity contribution is 7.84. The van der Waals surface area contributed by atoms with Crippen LogP contribution in [0.3, 0.4) is 0 Å². The number of aryl methyl sites for hydroxylation is 1. The highest BCUT2D eigenvalue weighted by Crippen LogP contribution is 2.43. The summed E-state index contributed by atoms with van der Waals surface area (Å²) in [4.78, 5) is 17.1. The Kier molecular flexibility index (Phi) is 8.14. The van der Waals surface area contributed by atoms with E-state index in [0.717, 1.165) is 71.3 Å². The maximum atomic E-state index is 14.4. The molecule has 46 heavy (non-hydrogen) atoms. The molecule has 5 aromatic rings. The fourth-order valence-electron chi connectivity index (χ4n) is 6.14. The smallest absolute Gasteiger partial charge is 0.205 e. The third-order valence-corrected chi connectivity index (χ3v) is 9.86. The van der Waals surface area contributed by atoms with Crippen LogP contribution in [0.15, 0.2) is 70.9 Å². The number of hydrogen-bond acceptors (Lipinski definition) is 9. The van der Waals surface area contributed by atoms with Gasteiger partial charge in [-0.1, -0.05) is 23.7 Å². The molecule has 0 amide bonds. The number of aliphatic imine (C=N–C) groups is 1. The number of anilines is 2. The first kappa shape index (κ1) is 30.2. The van der Waals surface area contributed by atoms with E-state index in [-0.39, 0.29) is 5.75 Å². The number of rotatable bonds is 6. The molecule has 236 valence electrons. The fourth-order valence-corrected chi connectivity index (χ4v) is 7.61. The van der Waals surface area contributed by atoms with Crippen molar-refractivity contribution >= 4 is 56.3 Å². The number of piperazine rings is 1. The van der Waals surface area contributed by atoms with E-state index >= 15 is 0 Å². The van der Waals surface area contributed by atoms with Crippen LogP contribution in [0, 0.1) is 13.8 Å². The fraction of sp³-hybridized carbons (Fsp3) is 0.265. The van der Waals surface area contributed by atoms with Crippen molar-refractivity contribution in [3.05, 3.63) is 88.2 Å². The topological polar surface area (TPSA) is 106 Å². The molecule has 1 unspecified atom stereocenters. The summed E-state index contributed by atoms with van der Waals surface area (Å²) in [6.07, 6.45) is 1.75. The molecule has 2 aliphatic heterocycles. The number of aromatic nitrogens is 3. The molecule has 2 aromatic heterocycles. The number of fused-ring (bicyclic) bond motifs is 3. The maximum Gasteiger partial charge on any atom is 0.205 e. The van der Waals surface area contributed by atoms with Crippen molar-refractivity contribution in [2.45, 2.75) is 24.8 Å². The minimum atomic E-state index is -1.61. The van der Waals surface area contributed by atoms with Gasteiger partial charge in [0.05, 0.1) is 64.6 Å². The van der Waals surface area contributed by atoms with Crippen LogP contribution >= 0.6 is 11.6 Å². The zero-order chi connectivity index (χ0) is 31.9. The normalized spacial score (nSPS) is 15.0. The second-order valence-electron chi connectivity index (χ2n) is 11.3. The lowest BCUT2D eigenvalue weighted by Crippen LogP contribution is -2.46. The van der Waals surface area contributed by atoms with E-state index in [1.165, 1.54) is 0 Å². The second kappa shape index (κ2) is 12.4. The Hall–Kier alpha value is -4.45. The number of hydrogen-bond donors (Lipinski definition) is 2. The standard InChI is InChI=1S/C34H34ClN7O3S/c1-20-18-37-28(21(2)32(20)45-4)19-46(43)34-40-26-10-9-23(44-3)17-29(26)42(34)30-16-22(35)15-27-31(30)38-25-8-6-5-7-24(25)33(39-27)41-13-11-36-12-14-41/h5-10,15-18,36,38H,11-14,19H2,1-4H3. The Morgan fingerprint density at radius 2 is 1.83 bits per heavy atom. The predicted octanol–water partition coefficient (Wildman–Crippen LogP) is 6.06. The van der Waals surface area contributed by atoms with Gasteiger partial charge in [0.2, 0.25) is 5.16 Å². The van der Waals surface area contributed by atoms with Gasteiger partial charge in [0.25, 0.3) is 0 Å². The molecule has 1 atom stereocenters. The van der Waals surface area contributed by atoms with Gasteiger partial charge < -0.3 is 25.0 Å². The molecule has 10 nitrogen and oxygen atoms in total. The van der Waals surface area contributed by atoms with E-state index in [1.807, 2.05) is 66.9 Å². The molecule has 0 saturated carbocycles. The van der Waals surface area contributed by atoms with Crippen LogP contribution in [0.1, 0.15) is 22.4 Å². The highest BCUT2D eigenvalue weighted by Gasteiger charge is 2.28. The zero-order valence-electron chi connectivity index (χ0n) is 26.1. The molecule has 0 radical (unpaired) electrons. The zero-order valence-corrected chi connectivity index (χ0v) is 27.6. The number of methoxy groups -OCH3 is 2. The Morgan fingerprint density at radius 3 is 2.61 bits per heavy atom. The van der Waals surface area contributed by atoms with Gasteiger partial charge in [0, 0.05) is 65.8 Å². The van der Waals surface area contributed by atoms with Crippen molar-refractivity contribution in [2.24, 2.45) is 4.99 Å². The van der Waals surface area contributed by atoms with E-state index in [1.54, 1.807) is 20.4 Å². The lowest BCUT2D eigenvalue weighted by Gasteiger charge is -2.30. The van der Waals surface area contributed by atoms with Crippen molar-refractivity contribution in [2.75, 3.05) is 45.7 Å². The quantitative estimate of drug-likeness (QED) is 0.228. The van der Waals surface area contributed by atoms with Crippen LogP contribution < -0.4 is 20.1 Å². The lowest BCUT2D eigenvalue weighted by molar-refractivity contribution is 0.358. The SMILES string of the molecule is COc1ccc2nc(S(=O)Cc3ncc(C)c(OC)c3C)n(-c3cc(Cl)cc4c3Nc3ccccc3C(N3CCNCC3)=N4)c2c1. The number of halogens is 1. The highest BCUT2D eigenvalue weighted by atomic mass is 35.5. The minimum absolute atomic E-state index is 0.146. The van der Waals surface area contributed by atoms with Gasteiger partial charge in [-0.05, 0) is 50.2 Å². The number of nitrogens with one attached hydrogen (secondary N) is 2.